The van der Waals surface area contributed by atoms with Crippen LogP contribution in [-0.2, 0) is 4.79 Å². The summed E-state index contributed by atoms with van der Waals surface area (Å²) in [4.78, 5) is 13.4. The first-order chi connectivity index (χ1) is 9.02. The Balaban J connectivity index is 1.92. The predicted octanol–water partition coefficient (Wildman–Crippen LogP) is 4.42. The summed E-state index contributed by atoms with van der Waals surface area (Å²) in [5, 5.41) is 3.37. The molecule has 2 aliphatic carbocycles. The highest BCUT2D eigenvalue weighted by atomic mass is 79.9. The molecule has 1 amide bonds. The monoisotopic (exact) mass is 329 g/mol. The first kappa shape index (κ1) is 15.3. The fraction of sp³-hybridized carbons (Fsp3) is 0.938. The van der Waals surface area contributed by atoms with Crippen molar-refractivity contribution in [3.63, 3.8) is 0 Å². The quantitative estimate of drug-likeness (QED) is 0.760. The average molecular weight is 330 g/mol. The largest absolute Gasteiger partial charge is 0.353 e. The summed E-state index contributed by atoms with van der Waals surface area (Å²) in [5.41, 5.74) is -0.0422. The van der Waals surface area contributed by atoms with E-state index in [0.717, 1.165) is 32.1 Å². The Bertz CT molecular complexity index is 302. The van der Waals surface area contributed by atoms with Crippen molar-refractivity contribution in [1.82, 2.24) is 5.32 Å². The lowest BCUT2D eigenvalue weighted by atomic mass is 9.77. The molecule has 0 heterocycles. The maximum atomic E-state index is 12.7. The molecule has 2 nitrogen and oxygen atoms in total. The second-order valence-corrected chi connectivity index (χ2v) is 8.30. The van der Waals surface area contributed by atoms with Crippen LogP contribution >= 0.6 is 15.9 Å². The number of carbonyl (C=O) groups is 1. The second kappa shape index (κ2) is 6.60. The molecule has 0 saturated heterocycles. The molecule has 0 unspecified atom stereocenters. The van der Waals surface area contributed by atoms with Crippen molar-refractivity contribution in [3.8, 4) is 0 Å². The van der Waals surface area contributed by atoms with Gasteiger partial charge in [0.25, 0.3) is 0 Å². The molecule has 2 saturated carbocycles. The first-order valence-corrected chi connectivity index (χ1v) is 8.88. The third kappa shape index (κ3) is 3.96. The molecule has 0 atom stereocenters. The zero-order chi connectivity index (χ0) is 13.9. The van der Waals surface area contributed by atoms with Crippen molar-refractivity contribution < 1.29 is 4.79 Å². The summed E-state index contributed by atoms with van der Waals surface area (Å²) in [6, 6.07) is 0.422. The average Bonchev–Trinajstić information content (AvgIpc) is 2.81. The summed E-state index contributed by atoms with van der Waals surface area (Å²) in [6.45, 7) is 4.48. The van der Waals surface area contributed by atoms with E-state index in [2.05, 4.69) is 35.1 Å². The predicted molar refractivity (Wildman–Crippen MR) is 83.5 cm³/mol. The molecule has 1 N–H and O–H groups in total. The van der Waals surface area contributed by atoms with Gasteiger partial charge in [-0.3, -0.25) is 4.79 Å². The van der Waals surface area contributed by atoms with Crippen molar-refractivity contribution in [2.24, 2.45) is 11.3 Å². The Morgan fingerprint density at radius 1 is 1.21 bits per heavy atom. The van der Waals surface area contributed by atoms with E-state index in [9.17, 15) is 4.79 Å². The van der Waals surface area contributed by atoms with E-state index in [-0.39, 0.29) is 5.41 Å². The minimum absolute atomic E-state index is 0.0422. The van der Waals surface area contributed by atoms with Crippen molar-refractivity contribution in [3.05, 3.63) is 0 Å². The van der Waals surface area contributed by atoms with Crippen LogP contribution < -0.4 is 5.32 Å². The molecule has 110 valence electrons. The Hall–Kier alpha value is -0.0500. The van der Waals surface area contributed by atoms with Crippen LogP contribution in [0.5, 0.6) is 0 Å². The molecule has 0 radical (unpaired) electrons. The molecule has 0 bridgehead atoms. The lowest BCUT2D eigenvalue weighted by molar-refractivity contribution is -0.132. The number of carbonyl (C=O) groups excluding carboxylic acids is 1. The van der Waals surface area contributed by atoms with E-state index in [1.807, 2.05) is 0 Å². The van der Waals surface area contributed by atoms with Gasteiger partial charge < -0.3 is 5.32 Å². The van der Waals surface area contributed by atoms with Gasteiger partial charge in [0.1, 0.15) is 0 Å². The third-order valence-electron chi connectivity index (χ3n) is 4.83. The van der Waals surface area contributed by atoms with Crippen molar-refractivity contribution in [2.75, 3.05) is 0 Å². The molecule has 0 aromatic heterocycles. The number of nitrogens with one attached hydrogen (secondary N) is 1. The highest BCUT2D eigenvalue weighted by Gasteiger charge is 2.42. The zero-order valence-corrected chi connectivity index (χ0v) is 14.0. The van der Waals surface area contributed by atoms with Gasteiger partial charge in [0.05, 0.1) is 0 Å². The number of hydrogen-bond donors (Lipinski definition) is 1. The van der Waals surface area contributed by atoms with Crippen LogP contribution in [0, 0.1) is 11.3 Å². The fourth-order valence-electron chi connectivity index (χ4n) is 3.89. The van der Waals surface area contributed by atoms with Gasteiger partial charge in [-0.1, -0.05) is 42.6 Å². The molecule has 2 rings (SSSR count). The lowest BCUT2D eigenvalue weighted by Crippen LogP contribution is -2.46. The van der Waals surface area contributed by atoms with Crippen molar-refractivity contribution in [2.45, 2.75) is 82.5 Å². The van der Waals surface area contributed by atoms with Crippen LogP contribution in [0.3, 0.4) is 0 Å². The topological polar surface area (TPSA) is 29.1 Å². The van der Waals surface area contributed by atoms with Crippen LogP contribution in [0.15, 0.2) is 0 Å². The zero-order valence-electron chi connectivity index (χ0n) is 12.4. The fourth-order valence-corrected chi connectivity index (χ4v) is 4.42. The number of hydrogen-bond acceptors (Lipinski definition) is 1. The summed E-state index contributed by atoms with van der Waals surface area (Å²) < 4.78 is 0. The van der Waals surface area contributed by atoms with Crippen LogP contribution in [0.4, 0.5) is 0 Å². The minimum atomic E-state index is -0.0422. The van der Waals surface area contributed by atoms with E-state index in [1.165, 1.54) is 25.7 Å². The first-order valence-electron chi connectivity index (χ1n) is 7.97. The third-order valence-corrected chi connectivity index (χ3v) is 5.75. The van der Waals surface area contributed by atoms with E-state index in [4.69, 9.17) is 0 Å². The van der Waals surface area contributed by atoms with Gasteiger partial charge >= 0.3 is 0 Å². The molecule has 2 aliphatic rings. The molecular formula is C16H28BrNO. The minimum Gasteiger partial charge on any atom is -0.353 e. The highest BCUT2D eigenvalue weighted by Crippen LogP contribution is 2.43. The van der Waals surface area contributed by atoms with Crippen molar-refractivity contribution in [1.29, 1.82) is 0 Å². The van der Waals surface area contributed by atoms with Crippen LogP contribution in [0.1, 0.15) is 71.6 Å². The van der Waals surface area contributed by atoms with Gasteiger partial charge in [0, 0.05) is 16.3 Å². The summed E-state index contributed by atoms with van der Waals surface area (Å²) in [5.74, 6) is 0.971. The number of amides is 1. The number of rotatable bonds is 4. The smallest absolute Gasteiger partial charge is 0.226 e. The highest BCUT2D eigenvalue weighted by molar-refractivity contribution is 9.09. The SMILES string of the molecule is CC(C)CC1(C(=O)NC2CCC(Br)CC2)CCCC1. The lowest BCUT2D eigenvalue weighted by Gasteiger charge is -2.33. The molecule has 0 spiro atoms. The van der Waals surface area contributed by atoms with Gasteiger partial charge in [-0.05, 0) is 50.9 Å². The molecule has 3 heteroatoms. The van der Waals surface area contributed by atoms with Crippen LogP contribution in [-0.4, -0.2) is 16.8 Å². The Kier molecular flexibility index (Phi) is 5.33. The normalized spacial score (nSPS) is 30.5. The summed E-state index contributed by atoms with van der Waals surface area (Å²) in [6.07, 6.45) is 10.4. The van der Waals surface area contributed by atoms with E-state index in [1.54, 1.807) is 0 Å². The van der Waals surface area contributed by atoms with Crippen molar-refractivity contribution >= 4 is 21.8 Å². The maximum Gasteiger partial charge on any atom is 0.226 e. The van der Waals surface area contributed by atoms with Gasteiger partial charge in [-0.2, -0.15) is 0 Å². The molecular weight excluding hydrogens is 302 g/mol. The number of halogens is 1. The van der Waals surface area contributed by atoms with E-state index in [0.29, 0.717) is 22.7 Å². The molecule has 2 fully saturated rings. The van der Waals surface area contributed by atoms with Crippen LogP contribution in [0.25, 0.3) is 0 Å². The van der Waals surface area contributed by atoms with Crippen LogP contribution in [0.2, 0.25) is 0 Å². The van der Waals surface area contributed by atoms with Gasteiger partial charge in [-0.25, -0.2) is 0 Å². The van der Waals surface area contributed by atoms with Gasteiger partial charge in [0.2, 0.25) is 5.91 Å². The summed E-state index contributed by atoms with van der Waals surface area (Å²) >= 11 is 3.68. The maximum absolute atomic E-state index is 12.7. The number of alkyl halides is 1. The Labute approximate surface area is 126 Å². The van der Waals surface area contributed by atoms with Gasteiger partial charge in [-0.15, -0.1) is 0 Å². The molecule has 0 aromatic rings. The Morgan fingerprint density at radius 3 is 2.32 bits per heavy atom. The molecule has 0 aromatic carbocycles. The van der Waals surface area contributed by atoms with Gasteiger partial charge in [0.15, 0.2) is 0 Å². The Morgan fingerprint density at radius 2 is 1.79 bits per heavy atom. The molecule has 0 aliphatic heterocycles. The van der Waals surface area contributed by atoms with E-state index >= 15 is 0 Å². The standard InChI is InChI=1S/C16H28BrNO/c1-12(2)11-16(9-3-4-10-16)15(19)18-14-7-5-13(17)6-8-14/h12-14H,3-11H2,1-2H3,(H,18,19). The van der Waals surface area contributed by atoms with E-state index < -0.39 is 0 Å². The summed E-state index contributed by atoms with van der Waals surface area (Å²) in [7, 11) is 0. The second-order valence-electron chi connectivity index (χ2n) is 7.01. The molecule has 19 heavy (non-hydrogen) atoms.